The van der Waals surface area contributed by atoms with Crippen molar-refractivity contribution in [3.05, 3.63) is 65.7 Å². The summed E-state index contributed by atoms with van der Waals surface area (Å²) in [5.74, 6) is 0. The van der Waals surface area contributed by atoms with E-state index in [0.29, 0.717) is 11.5 Å². The Morgan fingerprint density at radius 3 is 2.32 bits per heavy atom. The Hall–Kier alpha value is -1.76. The van der Waals surface area contributed by atoms with Gasteiger partial charge in [0.05, 0.1) is 6.04 Å². The molecule has 0 radical (unpaired) electrons. The summed E-state index contributed by atoms with van der Waals surface area (Å²) < 4.78 is 0. The minimum Gasteiger partial charge on any atom is -0.378 e. The summed E-state index contributed by atoms with van der Waals surface area (Å²) in [5, 5.41) is 3.75. The molecule has 2 aromatic carbocycles. The Balaban J connectivity index is 2.02. The van der Waals surface area contributed by atoms with Crippen molar-refractivity contribution in [2.45, 2.75) is 52.0 Å². The number of benzene rings is 2. The number of anilines is 1. The van der Waals surface area contributed by atoms with Crippen LogP contribution in [0.3, 0.4) is 0 Å². The Labute approximate surface area is 134 Å². The van der Waals surface area contributed by atoms with Crippen LogP contribution in [0, 0.1) is 5.41 Å². The van der Waals surface area contributed by atoms with E-state index in [9.17, 15) is 0 Å². The lowest BCUT2D eigenvalue weighted by atomic mass is 9.65. The van der Waals surface area contributed by atoms with E-state index in [1.54, 1.807) is 0 Å². The number of hydrogen-bond donors (Lipinski definition) is 1. The van der Waals surface area contributed by atoms with Crippen LogP contribution in [0.25, 0.3) is 0 Å². The lowest BCUT2D eigenvalue weighted by Crippen LogP contribution is -2.36. The van der Waals surface area contributed by atoms with Crippen LogP contribution in [0.4, 0.5) is 5.69 Å². The van der Waals surface area contributed by atoms with Crippen LogP contribution in [0.5, 0.6) is 0 Å². The van der Waals surface area contributed by atoms with Gasteiger partial charge in [0.1, 0.15) is 0 Å². The van der Waals surface area contributed by atoms with E-state index in [2.05, 4.69) is 87.6 Å². The van der Waals surface area contributed by atoms with Gasteiger partial charge in [-0.1, -0.05) is 76.2 Å². The highest BCUT2D eigenvalue weighted by Crippen LogP contribution is 2.49. The second kappa shape index (κ2) is 5.46. The number of rotatable bonds is 2. The largest absolute Gasteiger partial charge is 0.378 e. The zero-order valence-electron chi connectivity index (χ0n) is 14.2. The van der Waals surface area contributed by atoms with Gasteiger partial charge in [-0.25, -0.2) is 0 Å². The molecular weight excluding hydrogens is 266 g/mol. The molecule has 2 atom stereocenters. The van der Waals surface area contributed by atoms with Crippen molar-refractivity contribution >= 4 is 5.69 Å². The highest BCUT2D eigenvalue weighted by molar-refractivity contribution is 5.58. The standard InChI is InChI=1S/C21H27N/c1-20(2,3)15-21(4)14-19(16-10-6-5-7-11-16)22-18-13-9-8-12-17(18)21/h5-13,19,22H,14-15H2,1-4H3. The SMILES string of the molecule is CC(C)(C)CC1(C)CC(c2ccccc2)Nc2ccccc21. The van der Waals surface area contributed by atoms with Crippen LogP contribution in [0.2, 0.25) is 0 Å². The molecule has 0 aromatic heterocycles. The molecule has 0 amide bonds. The van der Waals surface area contributed by atoms with Gasteiger partial charge in [-0.15, -0.1) is 0 Å². The molecule has 1 nitrogen and oxygen atoms in total. The van der Waals surface area contributed by atoms with E-state index >= 15 is 0 Å². The Morgan fingerprint density at radius 1 is 1.00 bits per heavy atom. The highest BCUT2D eigenvalue weighted by atomic mass is 14.9. The van der Waals surface area contributed by atoms with Gasteiger partial charge < -0.3 is 5.32 Å². The summed E-state index contributed by atoms with van der Waals surface area (Å²) >= 11 is 0. The third-order valence-corrected chi connectivity index (χ3v) is 4.68. The van der Waals surface area contributed by atoms with Crippen LogP contribution in [0.1, 0.15) is 57.7 Å². The Bertz CT molecular complexity index is 638. The molecule has 2 aromatic rings. The molecular formula is C21H27N. The number of hydrogen-bond acceptors (Lipinski definition) is 1. The normalized spacial score (nSPS) is 24.5. The lowest BCUT2D eigenvalue weighted by Gasteiger charge is -2.44. The summed E-state index contributed by atoms with van der Waals surface area (Å²) in [6.45, 7) is 9.48. The van der Waals surface area contributed by atoms with Gasteiger partial charge in [0, 0.05) is 5.69 Å². The topological polar surface area (TPSA) is 12.0 Å². The van der Waals surface area contributed by atoms with Gasteiger partial charge in [-0.05, 0) is 40.9 Å². The summed E-state index contributed by atoms with van der Waals surface area (Å²) in [4.78, 5) is 0. The van der Waals surface area contributed by atoms with E-state index in [1.807, 2.05) is 0 Å². The maximum Gasteiger partial charge on any atom is 0.0522 e. The van der Waals surface area contributed by atoms with E-state index < -0.39 is 0 Å². The molecule has 0 saturated carbocycles. The maximum absolute atomic E-state index is 3.75. The van der Waals surface area contributed by atoms with E-state index in [4.69, 9.17) is 0 Å². The second-order valence-corrected chi connectivity index (χ2v) is 8.16. The number of fused-ring (bicyclic) bond motifs is 1. The van der Waals surface area contributed by atoms with Crippen LogP contribution in [-0.4, -0.2) is 0 Å². The average molecular weight is 293 g/mol. The molecule has 1 heterocycles. The third-order valence-electron chi connectivity index (χ3n) is 4.68. The van der Waals surface area contributed by atoms with Gasteiger partial charge >= 0.3 is 0 Å². The van der Waals surface area contributed by atoms with Crippen molar-refractivity contribution in [2.24, 2.45) is 5.41 Å². The van der Waals surface area contributed by atoms with Gasteiger partial charge in [0.25, 0.3) is 0 Å². The van der Waals surface area contributed by atoms with Crippen molar-refractivity contribution in [1.29, 1.82) is 0 Å². The molecule has 116 valence electrons. The minimum absolute atomic E-state index is 0.209. The van der Waals surface area contributed by atoms with Crippen LogP contribution >= 0.6 is 0 Å². The van der Waals surface area contributed by atoms with E-state index in [1.165, 1.54) is 23.2 Å². The molecule has 0 aliphatic carbocycles. The van der Waals surface area contributed by atoms with Crippen molar-refractivity contribution in [2.75, 3.05) is 5.32 Å². The molecule has 0 saturated heterocycles. The minimum atomic E-state index is 0.209. The molecule has 1 aliphatic rings. The van der Waals surface area contributed by atoms with Crippen molar-refractivity contribution < 1.29 is 0 Å². The predicted molar refractivity (Wildman–Crippen MR) is 95.3 cm³/mol. The quantitative estimate of drug-likeness (QED) is 0.722. The second-order valence-electron chi connectivity index (χ2n) is 8.16. The fourth-order valence-electron chi connectivity index (χ4n) is 4.16. The molecule has 22 heavy (non-hydrogen) atoms. The fourth-order valence-corrected chi connectivity index (χ4v) is 4.16. The van der Waals surface area contributed by atoms with Crippen LogP contribution in [-0.2, 0) is 5.41 Å². The van der Waals surface area contributed by atoms with Gasteiger partial charge in [0.2, 0.25) is 0 Å². The zero-order chi connectivity index (χ0) is 15.8. The Morgan fingerprint density at radius 2 is 1.64 bits per heavy atom. The Kier molecular flexibility index (Phi) is 3.76. The highest BCUT2D eigenvalue weighted by Gasteiger charge is 2.39. The number of para-hydroxylation sites is 1. The van der Waals surface area contributed by atoms with Crippen molar-refractivity contribution in [3.8, 4) is 0 Å². The summed E-state index contributed by atoms with van der Waals surface area (Å²) in [5.41, 5.74) is 4.68. The van der Waals surface area contributed by atoms with Crippen molar-refractivity contribution in [1.82, 2.24) is 0 Å². The summed E-state index contributed by atoms with van der Waals surface area (Å²) in [7, 11) is 0. The van der Waals surface area contributed by atoms with E-state index in [0.717, 1.165) is 6.42 Å². The van der Waals surface area contributed by atoms with Crippen LogP contribution < -0.4 is 5.32 Å². The molecule has 1 N–H and O–H groups in total. The van der Waals surface area contributed by atoms with Gasteiger partial charge in [-0.3, -0.25) is 0 Å². The molecule has 0 fully saturated rings. The summed E-state index contributed by atoms with van der Waals surface area (Å²) in [6, 6.07) is 20.1. The first-order chi connectivity index (χ1) is 10.4. The van der Waals surface area contributed by atoms with Crippen molar-refractivity contribution in [3.63, 3.8) is 0 Å². The first kappa shape index (κ1) is 15.1. The lowest BCUT2D eigenvalue weighted by molar-refractivity contribution is 0.242. The molecule has 0 spiro atoms. The summed E-state index contributed by atoms with van der Waals surface area (Å²) in [6.07, 6.45) is 2.34. The molecule has 2 unspecified atom stereocenters. The first-order valence-electron chi connectivity index (χ1n) is 8.28. The average Bonchev–Trinajstić information content (AvgIpc) is 2.46. The molecule has 0 bridgehead atoms. The molecule has 1 heteroatoms. The number of nitrogens with one attached hydrogen (secondary N) is 1. The first-order valence-corrected chi connectivity index (χ1v) is 8.28. The monoisotopic (exact) mass is 293 g/mol. The smallest absolute Gasteiger partial charge is 0.0522 e. The van der Waals surface area contributed by atoms with E-state index in [-0.39, 0.29) is 5.41 Å². The maximum atomic E-state index is 3.75. The van der Waals surface area contributed by atoms with Gasteiger partial charge in [0.15, 0.2) is 0 Å². The van der Waals surface area contributed by atoms with Gasteiger partial charge in [-0.2, -0.15) is 0 Å². The fraction of sp³-hybridized carbons (Fsp3) is 0.429. The molecule has 3 rings (SSSR count). The third kappa shape index (κ3) is 3.04. The molecule has 1 aliphatic heterocycles. The predicted octanol–water partition coefficient (Wildman–Crippen LogP) is 5.94. The zero-order valence-corrected chi connectivity index (χ0v) is 14.2. The van der Waals surface area contributed by atoms with Crippen LogP contribution in [0.15, 0.2) is 54.6 Å².